The second kappa shape index (κ2) is 7.34. The normalized spacial score (nSPS) is 17.3. The summed E-state index contributed by atoms with van der Waals surface area (Å²) in [5.41, 5.74) is 3.77. The molecule has 4 aromatic carbocycles. The quantitative estimate of drug-likeness (QED) is 0.320. The van der Waals surface area contributed by atoms with Crippen LogP contribution in [0.25, 0.3) is 32.5 Å². The molecule has 0 saturated carbocycles. The van der Waals surface area contributed by atoms with Gasteiger partial charge in [0.1, 0.15) is 11.3 Å². The number of anilines is 2. The number of nitrogens with one attached hydrogen (secondary N) is 1. The topological polar surface area (TPSA) is 79.6 Å². The van der Waals surface area contributed by atoms with E-state index < -0.39 is 10.0 Å². The smallest absolute Gasteiger partial charge is 0.262 e. The number of hydrogen-bond acceptors (Lipinski definition) is 4. The third-order valence-corrected chi connectivity index (χ3v) is 9.13. The van der Waals surface area contributed by atoms with Crippen molar-refractivity contribution in [3.8, 4) is 0 Å². The molecular weight excluding hydrogens is 472 g/mol. The number of amides is 1. The summed E-state index contributed by atoms with van der Waals surface area (Å²) in [7, 11) is -2.26. The van der Waals surface area contributed by atoms with Gasteiger partial charge in [0.2, 0.25) is 0 Å². The van der Waals surface area contributed by atoms with Crippen molar-refractivity contribution in [2.24, 2.45) is 5.92 Å². The molecule has 1 aliphatic heterocycles. The minimum atomic E-state index is -3.97. The zero-order chi connectivity index (χ0) is 24.8. The van der Waals surface area contributed by atoms with Crippen LogP contribution in [0.4, 0.5) is 11.4 Å². The molecule has 0 radical (unpaired) electrons. The molecule has 1 N–H and O–H groups in total. The molecule has 6 nitrogen and oxygen atoms in total. The van der Waals surface area contributed by atoms with Gasteiger partial charge in [-0.15, -0.1) is 0 Å². The molecule has 0 spiro atoms. The third-order valence-electron chi connectivity index (χ3n) is 7.71. The highest BCUT2D eigenvalue weighted by atomic mass is 32.2. The summed E-state index contributed by atoms with van der Waals surface area (Å²) >= 11 is 0. The Labute approximate surface area is 208 Å². The molecule has 36 heavy (non-hydrogen) atoms. The van der Waals surface area contributed by atoms with Crippen LogP contribution < -0.4 is 9.62 Å². The average Bonchev–Trinajstić information content (AvgIpc) is 3.36. The lowest BCUT2D eigenvalue weighted by Gasteiger charge is -2.17. The van der Waals surface area contributed by atoms with Gasteiger partial charge < -0.3 is 9.32 Å². The molecule has 0 saturated heterocycles. The van der Waals surface area contributed by atoms with Crippen LogP contribution in [0, 0.1) is 5.92 Å². The molecular formula is C29H24N2O4S. The van der Waals surface area contributed by atoms with Crippen molar-refractivity contribution in [2.75, 3.05) is 16.7 Å². The first-order valence-corrected chi connectivity index (χ1v) is 13.6. The average molecular weight is 497 g/mol. The Bertz CT molecular complexity index is 1870. The van der Waals surface area contributed by atoms with Gasteiger partial charge in [-0.3, -0.25) is 9.52 Å². The highest BCUT2D eigenvalue weighted by molar-refractivity contribution is 7.93. The Morgan fingerprint density at radius 1 is 0.972 bits per heavy atom. The van der Waals surface area contributed by atoms with E-state index in [9.17, 15) is 13.2 Å². The zero-order valence-electron chi connectivity index (χ0n) is 20.0. The molecule has 5 aromatic rings. The van der Waals surface area contributed by atoms with Crippen molar-refractivity contribution in [1.29, 1.82) is 0 Å². The van der Waals surface area contributed by atoms with E-state index in [1.165, 1.54) is 5.56 Å². The number of nitrogens with zero attached hydrogens (tertiary/aromatic N) is 1. The van der Waals surface area contributed by atoms with E-state index in [0.717, 1.165) is 52.5 Å². The summed E-state index contributed by atoms with van der Waals surface area (Å²) in [5.74, 6) is 1.43. The second-order valence-electron chi connectivity index (χ2n) is 9.98. The van der Waals surface area contributed by atoms with Crippen LogP contribution in [0.5, 0.6) is 0 Å². The van der Waals surface area contributed by atoms with Crippen LogP contribution in [0.2, 0.25) is 0 Å². The Hall–Kier alpha value is -3.84. The molecule has 0 fully saturated rings. The summed E-state index contributed by atoms with van der Waals surface area (Å²) in [6, 6.07) is 18.2. The maximum atomic E-state index is 13.8. The van der Waals surface area contributed by atoms with Gasteiger partial charge in [-0.1, -0.05) is 43.3 Å². The van der Waals surface area contributed by atoms with Crippen molar-refractivity contribution < 1.29 is 17.6 Å². The molecule has 7 heteroatoms. The number of hydrogen-bond donors (Lipinski definition) is 1. The molecule has 1 aromatic heterocycles. The fraction of sp³-hybridized carbons (Fsp3) is 0.207. The van der Waals surface area contributed by atoms with Gasteiger partial charge in [0.05, 0.1) is 16.3 Å². The number of sulfonamides is 1. The predicted molar refractivity (Wildman–Crippen MR) is 142 cm³/mol. The maximum absolute atomic E-state index is 13.8. The number of aryl methyl sites for hydroxylation is 1. The number of benzene rings is 4. The lowest BCUT2D eigenvalue weighted by atomic mass is 9.87. The Balaban J connectivity index is 1.43. The van der Waals surface area contributed by atoms with Crippen LogP contribution >= 0.6 is 0 Å². The SMILES string of the molecule is CC1CCc2oc3c(cc(NS(=O)(=O)c4ccc5c6c(cccc46)C(=O)N5C)c4ccccc43)c2C1. The molecule has 2 aliphatic rings. The van der Waals surface area contributed by atoms with Crippen LogP contribution in [-0.4, -0.2) is 21.4 Å². The van der Waals surface area contributed by atoms with Gasteiger partial charge in [0.25, 0.3) is 15.9 Å². The lowest BCUT2D eigenvalue weighted by molar-refractivity contribution is 0.0999. The fourth-order valence-electron chi connectivity index (χ4n) is 5.90. The second-order valence-corrected chi connectivity index (χ2v) is 11.6. The zero-order valence-corrected chi connectivity index (χ0v) is 20.8. The summed E-state index contributed by atoms with van der Waals surface area (Å²) in [6.45, 7) is 2.24. The van der Waals surface area contributed by atoms with Crippen LogP contribution in [0.3, 0.4) is 0 Å². The van der Waals surface area contributed by atoms with Crippen molar-refractivity contribution in [1.82, 2.24) is 0 Å². The van der Waals surface area contributed by atoms with Crippen molar-refractivity contribution in [3.63, 3.8) is 0 Å². The first kappa shape index (κ1) is 21.4. The van der Waals surface area contributed by atoms with E-state index in [1.54, 1.807) is 42.3 Å². The van der Waals surface area contributed by atoms with Crippen LogP contribution in [-0.2, 0) is 22.9 Å². The predicted octanol–water partition coefficient (Wildman–Crippen LogP) is 6.25. The third kappa shape index (κ3) is 2.89. The van der Waals surface area contributed by atoms with Gasteiger partial charge >= 0.3 is 0 Å². The fourth-order valence-corrected chi connectivity index (χ4v) is 7.17. The maximum Gasteiger partial charge on any atom is 0.262 e. The van der Waals surface area contributed by atoms with E-state index in [1.807, 2.05) is 30.3 Å². The van der Waals surface area contributed by atoms with Gasteiger partial charge in [-0.2, -0.15) is 0 Å². The minimum Gasteiger partial charge on any atom is -0.460 e. The van der Waals surface area contributed by atoms with E-state index in [2.05, 4.69) is 11.6 Å². The van der Waals surface area contributed by atoms with E-state index in [-0.39, 0.29) is 10.8 Å². The number of fused-ring (bicyclic) bond motifs is 5. The van der Waals surface area contributed by atoms with Crippen LogP contribution in [0.1, 0.15) is 35.0 Å². The molecule has 1 aliphatic carbocycles. The van der Waals surface area contributed by atoms with Crippen molar-refractivity contribution in [2.45, 2.75) is 31.1 Å². The summed E-state index contributed by atoms with van der Waals surface area (Å²) in [4.78, 5) is 14.4. The summed E-state index contributed by atoms with van der Waals surface area (Å²) < 4.78 is 36.9. The molecule has 0 bridgehead atoms. The Morgan fingerprint density at radius 2 is 1.75 bits per heavy atom. The molecule has 1 atom stereocenters. The Kier molecular flexibility index (Phi) is 4.37. The van der Waals surface area contributed by atoms with E-state index in [0.29, 0.717) is 27.9 Å². The molecule has 7 rings (SSSR count). The van der Waals surface area contributed by atoms with Gasteiger partial charge in [-0.05, 0) is 43.0 Å². The minimum absolute atomic E-state index is 0.131. The first-order valence-electron chi connectivity index (χ1n) is 12.2. The monoisotopic (exact) mass is 496 g/mol. The van der Waals surface area contributed by atoms with Gasteiger partial charge in [-0.25, -0.2) is 8.42 Å². The largest absolute Gasteiger partial charge is 0.460 e. The van der Waals surface area contributed by atoms with Crippen LogP contribution in [0.15, 0.2) is 70.0 Å². The van der Waals surface area contributed by atoms with Gasteiger partial charge in [0, 0.05) is 51.5 Å². The Morgan fingerprint density at radius 3 is 2.58 bits per heavy atom. The van der Waals surface area contributed by atoms with Gasteiger partial charge in [0.15, 0.2) is 0 Å². The molecule has 1 unspecified atom stereocenters. The van der Waals surface area contributed by atoms with Crippen molar-refractivity contribution >= 4 is 59.8 Å². The van der Waals surface area contributed by atoms with Crippen molar-refractivity contribution in [3.05, 3.63) is 77.6 Å². The highest BCUT2D eigenvalue weighted by Crippen LogP contribution is 2.42. The number of rotatable bonds is 3. The highest BCUT2D eigenvalue weighted by Gasteiger charge is 2.31. The number of furan rings is 1. The summed E-state index contributed by atoms with van der Waals surface area (Å²) in [5, 5.41) is 3.86. The molecule has 2 heterocycles. The standard InChI is InChI=1S/C29H24N2O4S/c1-16-10-12-25-21(14-16)22-15-23(17-6-3-4-7-18(17)28(22)35-25)30-36(33,34)26-13-11-24-27-19(26)8-5-9-20(27)29(32)31(24)2/h3-9,11,13,15-16,30H,10,12,14H2,1-2H3. The first-order chi connectivity index (χ1) is 17.3. The molecule has 180 valence electrons. The molecule has 1 amide bonds. The number of carbonyl (C=O) groups is 1. The lowest BCUT2D eigenvalue weighted by Crippen LogP contribution is -2.20. The number of carbonyl (C=O) groups excluding carboxylic acids is 1. The van der Waals surface area contributed by atoms with E-state index >= 15 is 0 Å². The van der Waals surface area contributed by atoms with E-state index in [4.69, 9.17) is 4.42 Å². The summed E-state index contributed by atoms with van der Waals surface area (Å²) in [6.07, 6.45) is 2.91.